The Kier molecular flexibility index (Phi) is 5.94. The first kappa shape index (κ1) is 22.0. The molecular formula is C27H24N4O2S. The number of benzene rings is 3. The van der Waals surface area contributed by atoms with E-state index >= 15 is 0 Å². The van der Waals surface area contributed by atoms with Crippen LogP contribution in [-0.2, 0) is 0 Å². The van der Waals surface area contributed by atoms with Crippen LogP contribution in [-0.4, -0.2) is 22.4 Å². The summed E-state index contributed by atoms with van der Waals surface area (Å²) in [6, 6.07) is 25.1. The van der Waals surface area contributed by atoms with E-state index in [9.17, 15) is 4.79 Å². The molecule has 0 saturated carbocycles. The number of allylic oxidation sites excluding steroid dienone is 1. The van der Waals surface area contributed by atoms with E-state index in [-0.39, 0.29) is 6.03 Å². The third kappa shape index (κ3) is 4.10. The normalized spacial score (nSPS) is 16.0. The van der Waals surface area contributed by atoms with Crippen molar-refractivity contribution < 1.29 is 9.32 Å². The average molecular weight is 469 g/mol. The van der Waals surface area contributed by atoms with Gasteiger partial charge in [-0.05, 0) is 56.0 Å². The van der Waals surface area contributed by atoms with Crippen LogP contribution < -0.4 is 10.2 Å². The number of urea groups is 1. The van der Waals surface area contributed by atoms with Crippen LogP contribution in [0.25, 0.3) is 17.0 Å². The van der Waals surface area contributed by atoms with Crippen molar-refractivity contribution in [3.8, 4) is 11.4 Å². The van der Waals surface area contributed by atoms with Crippen molar-refractivity contribution in [2.24, 2.45) is 0 Å². The van der Waals surface area contributed by atoms with Gasteiger partial charge in [0.15, 0.2) is 0 Å². The van der Waals surface area contributed by atoms with Gasteiger partial charge in [-0.25, -0.2) is 4.79 Å². The minimum atomic E-state index is -0.422. The highest BCUT2D eigenvalue weighted by atomic mass is 32.2. The summed E-state index contributed by atoms with van der Waals surface area (Å²) in [5.74, 6) is 0.896. The second-order valence-electron chi connectivity index (χ2n) is 8.12. The molecule has 2 heterocycles. The summed E-state index contributed by atoms with van der Waals surface area (Å²) in [6.45, 7) is 3.95. The predicted octanol–water partition coefficient (Wildman–Crippen LogP) is 6.47. The number of amides is 2. The van der Waals surface area contributed by atoms with Crippen LogP contribution in [0.1, 0.15) is 30.0 Å². The van der Waals surface area contributed by atoms with Gasteiger partial charge < -0.3 is 9.84 Å². The number of rotatable bonds is 5. The van der Waals surface area contributed by atoms with Crippen molar-refractivity contribution in [3.63, 3.8) is 0 Å². The molecule has 7 heteroatoms. The molecule has 0 spiro atoms. The van der Waals surface area contributed by atoms with Crippen molar-refractivity contribution in [1.29, 1.82) is 0 Å². The van der Waals surface area contributed by atoms with E-state index in [1.807, 2.05) is 86.8 Å². The van der Waals surface area contributed by atoms with Crippen LogP contribution in [0.4, 0.5) is 10.5 Å². The van der Waals surface area contributed by atoms with E-state index in [2.05, 4.69) is 22.6 Å². The first-order chi connectivity index (χ1) is 16.5. The third-order valence-electron chi connectivity index (χ3n) is 5.88. The maximum Gasteiger partial charge on any atom is 0.326 e. The summed E-state index contributed by atoms with van der Waals surface area (Å²) in [6.07, 6.45) is 2.04. The second-order valence-corrected chi connectivity index (χ2v) is 9.00. The van der Waals surface area contributed by atoms with E-state index in [1.165, 1.54) is 0 Å². The van der Waals surface area contributed by atoms with Crippen LogP contribution >= 0.6 is 11.8 Å². The molecule has 170 valence electrons. The van der Waals surface area contributed by atoms with Gasteiger partial charge in [-0.15, -0.1) is 11.8 Å². The van der Waals surface area contributed by atoms with Gasteiger partial charge in [0.2, 0.25) is 5.82 Å². The lowest BCUT2D eigenvalue weighted by Gasteiger charge is -2.35. The van der Waals surface area contributed by atoms with E-state index in [0.717, 1.165) is 38.5 Å². The van der Waals surface area contributed by atoms with Crippen molar-refractivity contribution in [2.45, 2.75) is 24.8 Å². The Morgan fingerprint density at radius 1 is 0.971 bits per heavy atom. The maximum atomic E-state index is 13.3. The van der Waals surface area contributed by atoms with E-state index in [4.69, 9.17) is 9.51 Å². The Morgan fingerprint density at radius 2 is 1.74 bits per heavy atom. The fourth-order valence-corrected chi connectivity index (χ4v) is 4.60. The van der Waals surface area contributed by atoms with Crippen LogP contribution in [0.15, 0.2) is 94.0 Å². The summed E-state index contributed by atoms with van der Waals surface area (Å²) in [5.41, 5.74) is 5.23. The van der Waals surface area contributed by atoms with Gasteiger partial charge in [0.05, 0.1) is 17.3 Å². The molecule has 1 atom stereocenters. The zero-order valence-corrected chi connectivity index (χ0v) is 20.0. The molecule has 1 aliphatic rings. The summed E-state index contributed by atoms with van der Waals surface area (Å²) in [5, 5.41) is 7.41. The van der Waals surface area contributed by atoms with Crippen molar-refractivity contribution >= 4 is 29.1 Å². The Morgan fingerprint density at radius 3 is 2.44 bits per heavy atom. The molecular weight excluding hydrogens is 444 g/mol. The fourth-order valence-electron chi connectivity index (χ4n) is 4.19. The number of hydrogen-bond acceptors (Lipinski definition) is 5. The molecule has 0 radical (unpaired) electrons. The van der Waals surface area contributed by atoms with Gasteiger partial charge in [-0.1, -0.05) is 59.3 Å². The first-order valence-electron chi connectivity index (χ1n) is 11.0. The Labute approximate surface area is 202 Å². The zero-order valence-electron chi connectivity index (χ0n) is 19.1. The summed E-state index contributed by atoms with van der Waals surface area (Å²) >= 11 is 1.67. The highest BCUT2D eigenvalue weighted by molar-refractivity contribution is 7.98. The monoisotopic (exact) mass is 468 g/mol. The van der Waals surface area contributed by atoms with Crippen LogP contribution in [0.2, 0.25) is 0 Å². The minimum absolute atomic E-state index is 0.204. The lowest BCUT2D eigenvalue weighted by molar-refractivity contribution is 0.244. The van der Waals surface area contributed by atoms with Crippen molar-refractivity contribution in [1.82, 2.24) is 15.5 Å². The second kappa shape index (κ2) is 9.19. The highest BCUT2D eigenvalue weighted by Gasteiger charge is 2.36. The molecule has 0 bridgehead atoms. The molecule has 4 aromatic rings. The number of anilines is 1. The number of nitrogens with one attached hydrogen (secondary N) is 1. The van der Waals surface area contributed by atoms with Crippen molar-refractivity contribution in [3.05, 3.63) is 102 Å². The molecule has 1 N–H and O–H groups in total. The van der Waals surface area contributed by atoms with E-state index < -0.39 is 6.04 Å². The molecule has 2 amide bonds. The number of nitrogens with zero attached hydrogens (tertiary/aromatic N) is 3. The average Bonchev–Trinajstić information content (AvgIpc) is 3.34. The number of hydrogen-bond donors (Lipinski definition) is 1. The van der Waals surface area contributed by atoms with Gasteiger partial charge in [-0.2, -0.15) is 4.98 Å². The number of carbonyl (C=O) groups is 1. The maximum absolute atomic E-state index is 13.3. The van der Waals surface area contributed by atoms with Gasteiger partial charge >= 0.3 is 6.03 Å². The lowest BCUT2D eigenvalue weighted by atomic mass is 9.94. The van der Waals surface area contributed by atoms with Gasteiger partial charge in [0.1, 0.15) is 0 Å². The van der Waals surface area contributed by atoms with E-state index in [0.29, 0.717) is 11.7 Å². The molecule has 0 aliphatic carbocycles. The predicted molar refractivity (Wildman–Crippen MR) is 135 cm³/mol. The molecule has 0 saturated heterocycles. The molecule has 5 rings (SSSR count). The van der Waals surface area contributed by atoms with Crippen molar-refractivity contribution in [2.75, 3.05) is 11.2 Å². The third-order valence-corrected chi connectivity index (χ3v) is 6.62. The molecule has 6 nitrogen and oxygen atoms in total. The Hall–Kier alpha value is -3.84. The largest absolute Gasteiger partial charge is 0.334 e. The van der Waals surface area contributed by atoms with Gasteiger partial charge in [0, 0.05) is 16.2 Å². The van der Waals surface area contributed by atoms with E-state index in [1.54, 1.807) is 16.7 Å². The number of para-hydroxylation sites is 1. The summed E-state index contributed by atoms with van der Waals surface area (Å²) in [4.78, 5) is 20.8. The quantitative estimate of drug-likeness (QED) is 0.340. The topological polar surface area (TPSA) is 71.3 Å². The smallest absolute Gasteiger partial charge is 0.326 e. The highest BCUT2D eigenvalue weighted by Crippen LogP contribution is 2.39. The Bertz CT molecular complexity index is 1360. The molecule has 1 aromatic heterocycles. The molecule has 34 heavy (non-hydrogen) atoms. The van der Waals surface area contributed by atoms with Crippen LogP contribution in [0.3, 0.4) is 0 Å². The number of aromatic nitrogens is 2. The Balaban J connectivity index is 1.64. The summed E-state index contributed by atoms with van der Waals surface area (Å²) < 4.78 is 5.78. The zero-order chi connectivity index (χ0) is 23.7. The standard InChI is InChI=1S/C27H24N4O2S/c1-17-8-7-9-20(16-17)25-29-26(33-30-25)23-18(2)31(21-10-5-4-6-11-21)27(32)28-24(23)19-12-14-22(34-3)15-13-19/h4-16,24H,1-3H3,(H,28,32). The van der Waals surface area contributed by atoms with Gasteiger partial charge in [0.25, 0.3) is 5.89 Å². The van der Waals surface area contributed by atoms with Crippen LogP contribution in [0, 0.1) is 6.92 Å². The van der Waals surface area contributed by atoms with Gasteiger partial charge in [-0.3, -0.25) is 4.90 Å². The molecule has 1 unspecified atom stereocenters. The molecule has 1 aliphatic heterocycles. The minimum Gasteiger partial charge on any atom is -0.334 e. The first-order valence-corrected chi connectivity index (χ1v) is 12.2. The molecule has 0 fully saturated rings. The molecule has 3 aromatic carbocycles. The summed E-state index contributed by atoms with van der Waals surface area (Å²) in [7, 11) is 0. The number of thioether (sulfide) groups is 1. The van der Waals surface area contributed by atoms with Crippen LogP contribution in [0.5, 0.6) is 0 Å². The number of carbonyl (C=O) groups excluding carboxylic acids is 1. The fraction of sp³-hybridized carbons (Fsp3) is 0.148. The lowest BCUT2D eigenvalue weighted by Crippen LogP contribution is -2.46. The SMILES string of the molecule is CSc1ccc(C2NC(=O)N(c3ccccc3)C(C)=C2c2nc(-c3cccc(C)c3)no2)cc1. The number of aryl methyl sites for hydroxylation is 1.